The Morgan fingerprint density at radius 1 is 1.77 bits per heavy atom. The van der Waals surface area contributed by atoms with Crippen molar-refractivity contribution in [3.63, 3.8) is 0 Å². The Bertz CT molecular complexity index is 324. The Hall–Kier alpha value is -1.04. The number of thiazole rings is 1. The fourth-order valence-corrected chi connectivity index (χ4v) is 1.60. The van der Waals surface area contributed by atoms with Crippen molar-refractivity contribution in [2.75, 3.05) is 0 Å². The van der Waals surface area contributed by atoms with Gasteiger partial charge in [0.15, 0.2) is 0 Å². The van der Waals surface area contributed by atoms with Crippen molar-refractivity contribution in [3.05, 3.63) is 16.1 Å². The molecule has 1 heterocycles. The SMILES string of the molecule is Cc1ncsc1CC(F)(F)C(=O)O. The molecule has 72 valence electrons. The lowest BCUT2D eigenvalue weighted by Gasteiger charge is -2.09. The molecule has 0 aromatic carbocycles. The monoisotopic (exact) mass is 207 g/mol. The number of aryl methyl sites for hydroxylation is 1. The zero-order chi connectivity index (χ0) is 10.1. The van der Waals surface area contributed by atoms with Crippen molar-refractivity contribution >= 4 is 17.3 Å². The number of hydrogen-bond acceptors (Lipinski definition) is 3. The first-order valence-electron chi connectivity index (χ1n) is 3.43. The third-order valence-corrected chi connectivity index (χ3v) is 2.48. The van der Waals surface area contributed by atoms with Gasteiger partial charge in [0.25, 0.3) is 0 Å². The molecule has 0 unspecified atom stereocenters. The van der Waals surface area contributed by atoms with E-state index < -0.39 is 18.3 Å². The summed E-state index contributed by atoms with van der Waals surface area (Å²) in [6, 6.07) is 0. The summed E-state index contributed by atoms with van der Waals surface area (Å²) in [5, 5.41) is 8.17. The van der Waals surface area contributed by atoms with E-state index in [2.05, 4.69) is 4.98 Å². The van der Waals surface area contributed by atoms with E-state index in [1.807, 2.05) is 0 Å². The molecule has 6 heteroatoms. The zero-order valence-corrected chi connectivity index (χ0v) is 7.57. The molecule has 0 spiro atoms. The number of hydrogen-bond donors (Lipinski definition) is 1. The molecule has 0 radical (unpaired) electrons. The highest BCUT2D eigenvalue weighted by Gasteiger charge is 2.39. The van der Waals surface area contributed by atoms with Gasteiger partial charge in [-0.2, -0.15) is 8.78 Å². The van der Waals surface area contributed by atoms with Crippen LogP contribution in [0.25, 0.3) is 0 Å². The predicted molar refractivity (Wildman–Crippen MR) is 43.1 cm³/mol. The van der Waals surface area contributed by atoms with Crippen molar-refractivity contribution in [3.8, 4) is 0 Å². The van der Waals surface area contributed by atoms with Crippen LogP contribution in [0.15, 0.2) is 5.51 Å². The molecule has 0 atom stereocenters. The molecule has 0 saturated carbocycles. The predicted octanol–water partition coefficient (Wildman–Crippen LogP) is 1.71. The van der Waals surface area contributed by atoms with E-state index in [0.717, 1.165) is 11.3 Å². The molecule has 13 heavy (non-hydrogen) atoms. The Kier molecular flexibility index (Phi) is 2.60. The van der Waals surface area contributed by atoms with Crippen molar-refractivity contribution in [1.82, 2.24) is 4.98 Å². The minimum absolute atomic E-state index is 0.312. The normalized spacial score (nSPS) is 11.6. The van der Waals surface area contributed by atoms with E-state index in [1.165, 1.54) is 5.51 Å². The van der Waals surface area contributed by atoms with E-state index >= 15 is 0 Å². The Morgan fingerprint density at radius 3 is 2.77 bits per heavy atom. The number of halogens is 2. The van der Waals surface area contributed by atoms with Gasteiger partial charge in [0.05, 0.1) is 17.6 Å². The number of aliphatic carboxylic acids is 1. The van der Waals surface area contributed by atoms with Gasteiger partial charge >= 0.3 is 11.9 Å². The molecule has 3 nitrogen and oxygen atoms in total. The number of alkyl halides is 2. The van der Waals surface area contributed by atoms with Crippen LogP contribution < -0.4 is 0 Å². The van der Waals surface area contributed by atoms with Crippen LogP contribution in [0.2, 0.25) is 0 Å². The van der Waals surface area contributed by atoms with Crippen LogP contribution in [-0.2, 0) is 11.2 Å². The smallest absolute Gasteiger partial charge is 0.374 e. The maximum Gasteiger partial charge on any atom is 0.374 e. The summed E-state index contributed by atoms with van der Waals surface area (Å²) in [6.07, 6.45) is -0.779. The van der Waals surface area contributed by atoms with Gasteiger partial charge in [-0.3, -0.25) is 0 Å². The van der Waals surface area contributed by atoms with Crippen molar-refractivity contribution in [2.45, 2.75) is 19.3 Å². The first-order valence-corrected chi connectivity index (χ1v) is 4.31. The summed E-state index contributed by atoms with van der Waals surface area (Å²) in [4.78, 5) is 14.2. The summed E-state index contributed by atoms with van der Waals surface area (Å²) in [6.45, 7) is 1.57. The van der Waals surface area contributed by atoms with E-state index in [1.54, 1.807) is 6.92 Å². The number of nitrogens with zero attached hydrogens (tertiary/aromatic N) is 1. The van der Waals surface area contributed by atoms with E-state index in [9.17, 15) is 13.6 Å². The molecular weight excluding hydrogens is 200 g/mol. The van der Waals surface area contributed by atoms with Crippen molar-refractivity contribution in [1.29, 1.82) is 0 Å². The molecule has 1 rings (SSSR count). The van der Waals surface area contributed by atoms with E-state index in [4.69, 9.17) is 5.11 Å². The summed E-state index contributed by atoms with van der Waals surface area (Å²) in [5.41, 5.74) is 1.88. The molecule has 1 N–H and O–H groups in total. The zero-order valence-electron chi connectivity index (χ0n) is 6.75. The van der Waals surface area contributed by atoms with Crippen LogP contribution in [0.5, 0.6) is 0 Å². The molecule has 0 amide bonds. The fourth-order valence-electron chi connectivity index (χ4n) is 0.773. The lowest BCUT2D eigenvalue weighted by Crippen LogP contribution is -2.30. The number of aromatic nitrogens is 1. The van der Waals surface area contributed by atoms with E-state index in [-0.39, 0.29) is 0 Å². The Balaban J connectivity index is 2.80. The van der Waals surface area contributed by atoms with Gasteiger partial charge in [0.1, 0.15) is 0 Å². The van der Waals surface area contributed by atoms with Gasteiger partial charge in [0.2, 0.25) is 0 Å². The van der Waals surface area contributed by atoms with Gasteiger partial charge in [-0.1, -0.05) is 0 Å². The van der Waals surface area contributed by atoms with Crippen molar-refractivity contribution in [2.24, 2.45) is 0 Å². The molecule has 0 fully saturated rings. The highest BCUT2D eigenvalue weighted by Crippen LogP contribution is 2.24. The molecule has 1 aromatic rings. The number of carboxylic acid groups (broad SMARTS) is 1. The highest BCUT2D eigenvalue weighted by atomic mass is 32.1. The first-order chi connectivity index (χ1) is 5.93. The summed E-state index contributed by atoms with van der Waals surface area (Å²) in [7, 11) is 0. The summed E-state index contributed by atoms with van der Waals surface area (Å²) in [5.74, 6) is -5.79. The minimum Gasteiger partial charge on any atom is -0.477 e. The lowest BCUT2D eigenvalue weighted by atomic mass is 10.2. The second-order valence-electron chi connectivity index (χ2n) is 2.55. The van der Waals surface area contributed by atoms with E-state index in [0.29, 0.717) is 10.6 Å². The van der Waals surface area contributed by atoms with Gasteiger partial charge in [0, 0.05) is 4.88 Å². The largest absolute Gasteiger partial charge is 0.477 e. The maximum atomic E-state index is 12.7. The average Bonchev–Trinajstić information content (AvgIpc) is 2.35. The minimum atomic E-state index is -3.70. The Morgan fingerprint density at radius 2 is 2.38 bits per heavy atom. The number of carbonyl (C=O) groups is 1. The molecule has 0 aliphatic heterocycles. The van der Waals surface area contributed by atoms with Crippen molar-refractivity contribution < 1.29 is 18.7 Å². The molecule has 0 aliphatic rings. The quantitative estimate of drug-likeness (QED) is 0.820. The molecule has 1 aromatic heterocycles. The lowest BCUT2D eigenvalue weighted by molar-refractivity contribution is -0.164. The standard InChI is InChI=1S/C7H7F2NO2S/c1-4-5(13-3-10-4)2-7(8,9)6(11)12/h3H,2H2,1H3,(H,11,12). The van der Waals surface area contributed by atoms with Gasteiger partial charge in [-0.05, 0) is 6.92 Å². The van der Waals surface area contributed by atoms with Crippen LogP contribution in [0.3, 0.4) is 0 Å². The van der Waals surface area contributed by atoms with Gasteiger partial charge in [-0.15, -0.1) is 11.3 Å². The first kappa shape index (κ1) is 10.0. The molecular formula is C7H7F2NO2S. The van der Waals surface area contributed by atoms with Crippen LogP contribution in [0.4, 0.5) is 8.78 Å². The molecule has 0 bridgehead atoms. The van der Waals surface area contributed by atoms with Crippen LogP contribution in [0, 0.1) is 6.92 Å². The van der Waals surface area contributed by atoms with Gasteiger partial charge in [-0.25, -0.2) is 9.78 Å². The fraction of sp³-hybridized carbons (Fsp3) is 0.429. The number of carboxylic acids is 1. The second-order valence-corrected chi connectivity index (χ2v) is 3.49. The second kappa shape index (κ2) is 3.37. The molecule has 0 saturated heterocycles. The maximum absolute atomic E-state index is 12.7. The summed E-state index contributed by atoms with van der Waals surface area (Å²) >= 11 is 1.04. The average molecular weight is 207 g/mol. The third-order valence-electron chi connectivity index (χ3n) is 1.54. The third kappa shape index (κ3) is 2.21. The molecule has 0 aliphatic carbocycles. The van der Waals surface area contributed by atoms with Crippen LogP contribution in [-0.4, -0.2) is 22.0 Å². The van der Waals surface area contributed by atoms with Gasteiger partial charge < -0.3 is 5.11 Å². The van der Waals surface area contributed by atoms with Crippen LogP contribution in [0.1, 0.15) is 10.6 Å². The Labute approximate surface area is 77.0 Å². The highest BCUT2D eigenvalue weighted by molar-refractivity contribution is 7.09. The summed E-state index contributed by atoms with van der Waals surface area (Å²) < 4.78 is 25.3. The topological polar surface area (TPSA) is 50.2 Å². The van der Waals surface area contributed by atoms with Crippen LogP contribution >= 0.6 is 11.3 Å². The number of rotatable bonds is 3.